The third kappa shape index (κ3) is 5.92. The molecule has 4 nitrogen and oxygen atoms in total. The molecule has 0 aliphatic carbocycles. The summed E-state index contributed by atoms with van der Waals surface area (Å²) in [5.74, 6) is 1.82. The minimum Gasteiger partial charge on any atom is -0.455 e. The summed E-state index contributed by atoms with van der Waals surface area (Å²) < 4.78 is 9.34. The second-order valence-electron chi connectivity index (χ2n) is 13.5. The Balaban J connectivity index is 1.20. The van der Waals surface area contributed by atoms with Gasteiger partial charge in [-0.3, -0.25) is 0 Å². The number of fused-ring (bicyclic) bond motifs is 6. The van der Waals surface area contributed by atoms with Crippen LogP contribution in [0.5, 0.6) is 0 Å². The van der Waals surface area contributed by atoms with Crippen LogP contribution in [-0.2, 0) is 0 Å². The monoisotopic (exact) mass is 723 g/mol. The Morgan fingerprint density at radius 3 is 1.84 bits per heavy atom. The van der Waals surface area contributed by atoms with E-state index < -0.39 is 0 Å². The molecule has 3 heterocycles. The quantitative estimate of drug-likeness (QED) is 0.154. The maximum absolute atomic E-state index is 6.83. The zero-order valence-corrected chi connectivity index (χ0v) is 30.8. The van der Waals surface area contributed by atoms with Crippen molar-refractivity contribution >= 4 is 59.5 Å². The molecule has 7 aromatic carbocycles. The van der Waals surface area contributed by atoms with Crippen LogP contribution in [0.15, 0.2) is 180 Å². The smallest absolute Gasteiger partial charge is 0.164 e. The van der Waals surface area contributed by atoms with Crippen LogP contribution in [0.4, 0.5) is 0 Å². The van der Waals surface area contributed by atoms with Gasteiger partial charge in [-0.05, 0) is 65.6 Å². The summed E-state index contributed by atoms with van der Waals surface area (Å²) in [5, 5.41) is 4.51. The topological polar surface area (TPSA) is 51.8 Å². The predicted molar refractivity (Wildman–Crippen MR) is 231 cm³/mol. The van der Waals surface area contributed by atoms with E-state index in [1.165, 1.54) is 20.2 Å². The van der Waals surface area contributed by atoms with Crippen LogP contribution in [0.3, 0.4) is 0 Å². The molecule has 0 aliphatic heterocycles. The van der Waals surface area contributed by atoms with Crippen molar-refractivity contribution in [2.75, 3.05) is 0 Å². The van der Waals surface area contributed by atoms with E-state index >= 15 is 0 Å². The van der Waals surface area contributed by atoms with Crippen LogP contribution in [0.1, 0.15) is 12.5 Å². The lowest BCUT2D eigenvalue weighted by molar-refractivity contribution is 0.670. The molecule has 5 heteroatoms. The molecule has 0 unspecified atom stereocenters. The fourth-order valence-electron chi connectivity index (χ4n) is 7.44. The normalized spacial score (nSPS) is 11.9. The largest absolute Gasteiger partial charge is 0.455 e. The van der Waals surface area contributed by atoms with Gasteiger partial charge in [0.25, 0.3) is 0 Å². The first-order chi connectivity index (χ1) is 27.2. The van der Waals surface area contributed by atoms with Crippen molar-refractivity contribution in [3.63, 3.8) is 0 Å². The number of thiophene rings is 1. The third-order valence-corrected chi connectivity index (χ3v) is 11.2. The van der Waals surface area contributed by atoms with E-state index in [0.29, 0.717) is 17.5 Å². The number of allylic oxidation sites excluding steroid dienone is 3. The fourth-order valence-corrected chi connectivity index (χ4v) is 8.57. The Morgan fingerprint density at radius 2 is 1.07 bits per heavy atom. The number of hydrogen-bond acceptors (Lipinski definition) is 5. The van der Waals surface area contributed by atoms with Crippen LogP contribution < -0.4 is 0 Å². The minimum absolute atomic E-state index is 0.590. The van der Waals surface area contributed by atoms with Crippen LogP contribution >= 0.6 is 11.3 Å². The molecular weight excluding hydrogens is 691 g/mol. The summed E-state index contributed by atoms with van der Waals surface area (Å²) in [6.07, 6.45) is 8.41. The molecule has 0 aliphatic rings. The summed E-state index contributed by atoms with van der Waals surface area (Å²) in [7, 11) is 0. The maximum atomic E-state index is 6.83. The van der Waals surface area contributed by atoms with Gasteiger partial charge in [0.1, 0.15) is 11.2 Å². The van der Waals surface area contributed by atoms with E-state index in [-0.39, 0.29) is 0 Å². The summed E-state index contributed by atoms with van der Waals surface area (Å²) in [4.78, 5) is 15.4. The molecule has 260 valence electrons. The minimum atomic E-state index is 0.590. The van der Waals surface area contributed by atoms with Gasteiger partial charge in [-0.2, -0.15) is 0 Å². The lowest BCUT2D eigenvalue weighted by Crippen LogP contribution is -2.00. The van der Waals surface area contributed by atoms with E-state index in [9.17, 15) is 0 Å². The van der Waals surface area contributed by atoms with Gasteiger partial charge < -0.3 is 4.42 Å². The molecule has 55 heavy (non-hydrogen) atoms. The molecule has 0 amide bonds. The van der Waals surface area contributed by atoms with Gasteiger partial charge in [-0.25, -0.2) is 15.0 Å². The second kappa shape index (κ2) is 13.8. The number of rotatable bonds is 7. The number of furan rings is 1. The van der Waals surface area contributed by atoms with Gasteiger partial charge in [0.15, 0.2) is 17.5 Å². The van der Waals surface area contributed by atoms with Crippen LogP contribution in [0, 0.1) is 0 Å². The number of hydrogen-bond donors (Lipinski definition) is 0. The molecule has 3 aromatic heterocycles. The molecule has 0 radical (unpaired) electrons. The van der Waals surface area contributed by atoms with Crippen LogP contribution in [0.25, 0.3) is 105 Å². The molecule has 0 spiro atoms. The first-order valence-electron chi connectivity index (χ1n) is 18.4. The van der Waals surface area contributed by atoms with Gasteiger partial charge in [0.2, 0.25) is 0 Å². The fraction of sp³-hybridized carbons (Fsp3) is 0.0200. The van der Waals surface area contributed by atoms with Crippen molar-refractivity contribution in [3.05, 3.63) is 182 Å². The van der Waals surface area contributed by atoms with Crippen molar-refractivity contribution in [3.8, 4) is 56.4 Å². The highest BCUT2D eigenvalue weighted by atomic mass is 32.1. The standard InChI is InChI=1S/C50H33N3OS/c1-2-3-6-19-36-30-42-37-20-12-14-23-44(37)55-45(42)31-41(36)38-28-29-40(46-39-21-11-13-22-43(39)54-47(38)46)50-52-48(34-17-9-5-10-18-34)51-49(53-50)35-26-24-33(25-27-35)32-15-7-4-8-16-32/h2-31H,1H3/b3-2-,19-6-. The highest BCUT2D eigenvalue weighted by Gasteiger charge is 2.22. The maximum Gasteiger partial charge on any atom is 0.164 e. The van der Waals surface area contributed by atoms with Gasteiger partial charge in [0, 0.05) is 53.2 Å². The first kappa shape index (κ1) is 32.7. The second-order valence-corrected chi connectivity index (χ2v) is 14.6. The Labute approximate surface area is 322 Å². The van der Waals surface area contributed by atoms with Crippen molar-refractivity contribution in [1.82, 2.24) is 15.0 Å². The molecule has 0 bridgehead atoms. The van der Waals surface area contributed by atoms with E-state index in [1.54, 1.807) is 0 Å². The van der Waals surface area contributed by atoms with Crippen LogP contribution in [-0.4, -0.2) is 15.0 Å². The Hall–Kier alpha value is -6.95. The van der Waals surface area contributed by atoms with Crippen molar-refractivity contribution in [1.29, 1.82) is 0 Å². The molecule has 0 atom stereocenters. The van der Waals surface area contributed by atoms with E-state index in [0.717, 1.165) is 66.4 Å². The van der Waals surface area contributed by atoms with Crippen molar-refractivity contribution in [2.24, 2.45) is 0 Å². The van der Waals surface area contributed by atoms with Gasteiger partial charge in [0.05, 0.1) is 0 Å². The Bertz CT molecular complexity index is 3080. The van der Waals surface area contributed by atoms with Gasteiger partial charge >= 0.3 is 0 Å². The first-order valence-corrected chi connectivity index (χ1v) is 19.2. The molecule has 0 saturated carbocycles. The average molecular weight is 724 g/mol. The summed E-state index contributed by atoms with van der Waals surface area (Å²) >= 11 is 1.82. The molecule has 0 N–H and O–H groups in total. The van der Waals surface area contributed by atoms with Gasteiger partial charge in [-0.15, -0.1) is 11.3 Å². The van der Waals surface area contributed by atoms with Crippen molar-refractivity contribution < 1.29 is 4.42 Å². The van der Waals surface area contributed by atoms with Gasteiger partial charge in [-0.1, -0.05) is 146 Å². The van der Waals surface area contributed by atoms with Crippen LogP contribution in [0.2, 0.25) is 0 Å². The van der Waals surface area contributed by atoms with E-state index in [2.05, 4.69) is 127 Å². The average Bonchev–Trinajstić information content (AvgIpc) is 3.82. The highest BCUT2D eigenvalue weighted by Crippen LogP contribution is 2.45. The summed E-state index contributed by atoms with van der Waals surface area (Å²) in [6.45, 7) is 2.03. The highest BCUT2D eigenvalue weighted by molar-refractivity contribution is 7.25. The summed E-state index contributed by atoms with van der Waals surface area (Å²) in [5.41, 5.74) is 9.89. The lowest BCUT2D eigenvalue weighted by atomic mass is 9.93. The number of nitrogens with zero attached hydrogens (tertiary/aromatic N) is 3. The molecule has 0 saturated heterocycles. The summed E-state index contributed by atoms with van der Waals surface area (Å²) in [6, 6.07) is 54.8. The molecule has 10 rings (SSSR count). The van der Waals surface area contributed by atoms with Crippen molar-refractivity contribution in [2.45, 2.75) is 6.92 Å². The number of benzene rings is 7. The third-order valence-electron chi connectivity index (χ3n) is 10.1. The zero-order valence-electron chi connectivity index (χ0n) is 30.0. The van der Waals surface area contributed by atoms with E-state index in [1.807, 2.05) is 72.9 Å². The number of aromatic nitrogens is 3. The SMILES string of the molecule is C/C=C\C=C/c1cc2c(cc1-c1ccc(-c3nc(-c4ccccc4)nc(-c4ccc(-c5ccccc5)cc4)n3)c3c1oc1ccccc13)sc1ccccc12. The predicted octanol–water partition coefficient (Wildman–Crippen LogP) is 14.1. The lowest BCUT2D eigenvalue weighted by Gasteiger charge is -2.12. The van der Waals surface area contributed by atoms with E-state index in [4.69, 9.17) is 19.4 Å². The Kier molecular flexibility index (Phi) is 8.20. The Morgan fingerprint density at radius 1 is 0.473 bits per heavy atom. The number of para-hydroxylation sites is 1. The zero-order chi connectivity index (χ0) is 36.7. The molecule has 0 fully saturated rings. The molecular formula is C50H33N3OS. The molecule has 10 aromatic rings.